The second-order valence-corrected chi connectivity index (χ2v) is 9.05. The van der Waals surface area contributed by atoms with Gasteiger partial charge >= 0.3 is 5.97 Å². The zero-order valence-corrected chi connectivity index (χ0v) is 12.9. The van der Waals surface area contributed by atoms with Crippen LogP contribution in [0.15, 0.2) is 12.2 Å². The Morgan fingerprint density at radius 2 is 1.62 bits per heavy atom. The normalized spacial score (nSPS) is 59.9. The zero-order valence-electron chi connectivity index (χ0n) is 12.9. The molecule has 3 atom stereocenters. The third-order valence-electron chi connectivity index (χ3n) is 8.57. The fourth-order valence-electron chi connectivity index (χ4n) is 7.84. The summed E-state index contributed by atoms with van der Waals surface area (Å²) in [6.07, 6.45) is 13.3. The molecule has 5 fully saturated rings. The van der Waals surface area contributed by atoms with Gasteiger partial charge in [0.05, 0.1) is 5.41 Å². The van der Waals surface area contributed by atoms with Crippen molar-refractivity contribution in [3.8, 4) is 0 Å². The van der Waals surface area contributed by atoms with Crippen molar-refractivity contribution in [1.29, 1.82) is 0 Å². The number of allylic oxidation sites excluding steroid dienone is 2. The van der Waals surface area contributed by atoms with Crippen molar-refractivity contribution >= 4 is 5.97 Å². The molecule has 0 aromatic carbocycles. The highest BCUT2D eigenvalue weighted by Gasteiger charge is 2.70. The summed E-state index contributed by atoms with van der Waals surface area (Å²) in [5.74, 6) is 3.56. The van der Waals surface area contributed by atoms with Gasteiger partial charge in [-0.25, -0.2) is 0 Å². The molecule has 5 saturated carbocycles. The van der Waals surface area contributed by atoms with Gasteiger partial charge in [0.2, 0.25) is 0 Å². The van der Waals surface area contributed by atoms with E-state index in [0.29, 0.717) is 23.7 Å². The first-order valence-electron chi connectivity index (χ1n) is 8.95. The molecule has 0 radical (unpaired) electrons. The number of aliphatic carboxylic acids is 1. The van der Waals surface area contributed by atoms with Gasteiger partial charge in [-0.3, -0.25) is 4.79 Å². The zero-order chi connectivity index (χ0) is 14.4. The smallest absolute Gasteiger partial charge is 0.310 e. The molecule has 0 saturated heterocycles. The van der Waals surface area contributed by atoms with Crippen LogP contribution in [0.4, 0.5) is 0 Å². The lowest BCUT2D eigenvalue weighted by Crippen LogP contribution is -2.62. The fraction of sp³-hybridized carbons (Fsp3) is 0.842. The number of hydrogen-bond acceptors (Lipinski definition) is 1. The van der Waals surface area contributed by atoms with E-state index >= 15 is 0 Å². The maximum absolute atomic E-state index is 12.5. The molecule has 21 heavy (non-hydrogen) atoms. The minimum atomic E-state index is -0.477. The second-order valence-electron chi connectivity index (χ2n) is 9.05. The number of hydrogen-bond donors (Lipinski definition) is 1. The molecule has 0 spiro atoms. The predicted molar refractivity (Wildman–Crippen MR) is 80.6 cm³/mol. The largest absolute Gasteiger partial charge is 0.481 e. The molecule has 0 aromatic rings. The number of carboxylic acids is 1. The van der Waals surface area contributed by atoms with E-state index < -0.39 is 11.4 Å². The second kappa shape index (κ2) is 3.75. The first kappa shape index (κ1) is 12.7. The van der Waals surface area contributed by atoms with Crippen LogP contribution in [0.25, 0.3) is 0 Å². The van der Waals surface area contributed by atoms with E-state index in [-0.39, 0.29) is 5.41 Å². The number of rotatable bonds is 2. The molecule has 2 heteroatoms. The maximum Gasteiger partial charge on any atom is 0.310 e. The molecule has 0 amide bonds. The Balaban J connectivity index is 1.64. The van der Waals surface area contributed by atoms with Gasteiger partial charge in [0, 0.05) is 0 Å². The van der Waals surface area contributed by atoms with E-state index in [9.17, 15) is 9.90 Å². The Hall–Kier alpha value is -0.790. The molecule has 0 aromatic heterocycles. The molecule has 3 unspecified atom stereocenters. The molecule has 6 aliphatic rings. The van der Waals surface area contributed by atoms with Crippen LogP contribution in [-0.4, -0.2) is 11.1 Å². The molecule has 1 N–H and O–H groups in total. The molecule has 2 nitrogen and oxygen atoms in total. The minimum Gasteiger partial charge on any atom is -0.481 e. The topological polar surface area (TPSA) is 37.3 Å². The number of fused-ring (bicyclic) bond motifs is 2. The van der Waals surface area contributed by atoms with E-state index in [1.54, 1.807) is 0 Å². The van der Waals surface area contributed by atoms with Crippen molar-refractivity contribution in [3.05, 3.63) is 12.2 Å². The minimum absolute atomic E-state index is 0.0520. The lowest BCUT2D eigenvalue weighted by molar-refractivity contribution is -0.201. The first-order valence-corrected chi connectivity index (χ1v) is 8.95. The van der Waals surface area contributed by atoms with Crippen LogP contribution >= 0.6 is 0 Å². The first-order chi connectivity index (χ1) is 10.0. The Bertz CT molecular complexity index is 506. The number of carboxylic acid groups (broad SMARTS) is 1. The van der Waals surface area contributed by atoms with Crippen LogP contribution in [-0.2, 0) is 4.79 Å². The fourth-order valence-corrected chi connectivity index (χ4v) is 7.84. The van der Waals surface area contributed by atoms with E-state index in [0.717, 1.165) is 24.7 Å². The quantitative estimate of drug-likeness (QED) is 0.775. The molecule has 0 aliphatic heterocycles. The third kappa shape index (κ3) is 1.30. The van der Waals surface area contributed by atoms with Gasteiger partial charge in [-0.05, 0) is 85.9 Å². The lowest BCUT2D eigenvalue weighted by Gasteiger charge is -2.66. The van der Waals surface area contributed by atoms with Crippen molar-refractivity contribution in [1.82, 2.24) is 0 Å². The highest BCUT2D eigenvalue weighted by molar-refractivity contribution is 5.78. The summed E-state index contributed by atoms with van der Waals surface area (Å²) in [6, 6.07) is 0. The van der Waals surface area contributed by atoms with Crippen LogP contribution in [0.2, 0.25) is 0 Å². The van der Waals surface area contributed by atoms with Crippen molar-refractivity contribution in [2.24, 2.45) is 46.3 Å². The molecule has 6 bridgehead atoms. The van der Waals surface area contributed by atoms with E-state index in [4.69, 9.17) is 0 Å². The van der Waals surface area contributed by atoms with Crippen molar-refractivity contribution in [2.45, 2.75) is 51.9 Å². The average molecular weight is 286 g/mol. The van der Waals surface area contributed by atoms with Gasteiger partial charge in [0.25, 0.3) is 0 Å². The van der Waals surface area contributed by atoms with Crippen molar-refractivity contribution in [2.75, 3.05) is 0 Å². The SMILES string of the molecule is CC1(C2(C(=O)O)CC3C=CC2C3)C2CC3CC(C2)CC1C3. The highest BCUT2D eigenvalue weighted by atomic mass is 16.4. The molecule has 114 valence electrons. The summed E-state index contributed by atoms with van der Waals surface area (Å²) < 4.78 is 0. The average Bonchev–Trinajstić information content (AvgIpc) is 3.04. The molecular formula is C19H26O2. The molecule has 6 aliphatic carbocycles. The Morgan fingerprint density at radius 1 is 1.00 bits per heavy atom. The van der Waals surface area contributed by atoms with E-state index in [2.05, 4.69) is 19.1 Å². The third-order valence-corrected chi connectivity index (χ3v) is 8.57. The van der Waals surface area contributed by atoms with E-state index in [1.165, 1.54) is 32.1 Å². The standard InChI is InChI=1S/C19H26O2/c1-18(15-6-12-4-13(8-15)9-16(18)7-12)19(17(20)21)10-11-2-3-14(19)5-11/h2-3,11-16H,4-10H2,1H3,(H,20,21). The Labute approximate surface area is 127 Å². The summed E-state index contributed by atoms with van der Waals surface area (Å²) in [5.41, 5.74) is -0.397. The predicted octanol–water partition coefficient (Wildman–Crippen LogP) is 4.12. The lowest BCUT2D eigenvalue weighted by atomic mass is 9.38. The van der Waals surface area contributed by atoms with Gasteiger partial charge in [-0.2, -0.15) is 0 Å². The van der Waals surface area contributed by atoms with Crippen LogP contribution in [0.5, 0.6) is 0 Å². The van der Waals surface area contributed by atoms with Gasteiger partial charge < -0.3 is 5.11 Å². The van der Waals surface area contributed by atoms with Crippen LogP contribution in [0.1, 0.15) is 51.9 Å². The molecule has 0 heterocycles. The summed E-state index contributed by atoms with van der Waals surface area (Å²) >= 11 is 0. The molecule has 6 rings (SSSR count). The number of carbonyl (C=O) groups is 1. The van der Waals surface area contributed by atoms with Gasteiger partial charge in [0.15, 0.2) is 0 Å². The summed E-state index contributed by atoms with van der Waals surface area (Å²) in [5, 5.41) is 10.3. The van der Waals surface area contributed by atoms with Crippen LogP contribution in [0.3, 0.4) is 0 Å². The molecular weight excluding hydrogens is 260 g/mol. The van der Waals surface area contributed by atoms with Crippen molar-refractivity contribution in [3.63, 3.8) is 0 Å². The summed E-state index contributed by atoms with van der Waals surface area (Å²) in [6.45, 7) is 2.39. The van der Waals surface area contributed by atoms with Crippen molar-refractivity contribution < 1.29 is 9.90 Å². The summed E-state index contributed by atoms with van der Waals surface area (Å²) in [7, 11) is 0. The summed E-state index contributed by atoms with van der Waals surface area (Å²) in [4.78, 5) is 12.5. The Kier molecular flexibility index (Phi) is 2.27. The van der Waals surface area contributed by atoms with Gasteiger partial charge in [-0.15, -0.1) is 0 Å². The van der Waals surface area contributed by atoms with Crippen LogP contribution < -0.4 is 0 Å². The Morgan fingerprint density at radius 3 is 2.05 bits per heavy atom. The highest BCUT2D eigenvalue weighted by Crippen LogP contribution is 2.73. The maximum atomic E-state index is 12.5. The van der Waals surface area contributed by atoms with Gasteiger partial charge in [-0.1, -0.05) is 19.1 Å². The van der Waals surface area contributed by atoms with Gasteiger partial charge in [0.1, 0.15) is 0 Å². The van der Waals surface area contributed by atoms with Crippen LogP contribution in [0, 0.1) is 46.3 Å². The monoisotopic (exact) mass is 286 g/mol. The van der Waals surface area contributed by atoms with E-state index in [1.807, 2.05) is 0 Å².